The smallest absolute Gasteiger partial charge is 0.148 e. The van der Waals surface area contributed by atoms with E-state index in [9.17, 15) is 29.4 Å². The van der Waals surface area contributed by atoms with Gasteiger partial charge in [0, 0.05) is 24.7 Å². The first-order valence-electron chi connectivity index (χ1n) is 15.6. The van der Waals surface area contributed by atoms with E-state index in [1.54, 1.807) is 13.8 Å². The number of aliphatic hydroxyl groups is 2. The highest BCUT2D eigenvalue weighted by atomic mass is 16.3. The molecule has 38 heavy (non-hydrogen) atoms. The van der Waals surface area contributed by atoms with Crippen molar-refractivity contribution < 1.29 is 29.4 Å². The van der Waals surface area contributed by atoms with Crippen molar-refractivity contribution in [2.75, 3.05) is 0 Å². The number of rotatable bonds is 2. The van der Waals surface area contributed by atoms with Crippen molar-refractivity contribution >= 4 is 23.1 Å². The summed E-state index contributed by atoms with van der Waals surface area (Å²) in [7, 11) is 0. The Morgan fingerprint density at radius 3 is 1.16 bits per heavy atom. The molecule has 2 N–H and O–H groups in total. The zero-order chi connectivity index (χ0) is 29.5. The fourth-order valence-electron chi connectivity index (χ4n) is 6.13. The van der Waals surface area contributed by atoms with Crippen LogP contribution in [0, 0.1) is 23.7 Å². The molecule has 4 fully saturated rings. The maximum absolute atomic E-state index is 12.1. The molecule has 4 saturated carbocycles. The summed E-state index contributed by atoms with van der Waals surface area (Å²) in [4.78, 5) is 46.8. The highest BCUT2D eigenvalue weighted by Crippen LogP contribution is 2.42. The maximum atomic E-state index is 12.1. The fraction of sp³-hybridized carbons (Fsp3) is 0.875. The van der Waals surface area contributed by atoms with E-state index in [0.717, 1.165) is 57.8 Å². The highest BCUT2D eigenvalue weighted by molar-refractivity contribution is 6.06. The van der Waals surface area contributed by atoms with Gasteiger partial charge in [-0.15, -0.1) is 0 Å². The van der Waals surface area contributed by atoms with E-state index < -0.39 is 23.0 Å². The summed E-state index contributed by atoms with van der Waals surface area (Å²) in [6, 6.07) is 0. The fourth-order valence-corrected chi connectivity index (χ4v) is 6.13. The molecular formula is C32H58O6. The normalized spacial score (nSPS) is 29.7. The van der Waals surface area contributed by atoms with Crippen molar-refractivity contribution in [2.24, 2.45) is 23.7 Å². The van der Waals surface area contributed by atoms with Crippen molar-refractivity contribution in [1.29, 1.82) is 0 Å². The van der Waals surface area contributed by atoms with Crippen LogP contribution in [0.4, 0.5) is 0 Å². The zero-order valence-corrected chi connectivity index (χ0v) is 25.7. The van der Waals surface area contributed by atoms with Gasteiger partial charge in [0.1, 0.15) is 23.1 Å². The molecule has 0 amide bonds. The minimum atomic E-state index is -0.815. The molecule has 0 bridgehead atoms. The van der Waals surface area contributed by atoms with Gasteiger partial charge in [0.05, 0.1) is 23.0 Å². The molecule has 0 aliphatic heterocycles. The molecular weight excluding hydrogens is 480 g/mol. The first-order chi connectivity index (χ1) is 18.0. The van der Waals surface area contributed by atoms with Crippen molar-refractivity contribution in [3.05, 3.63) is 0 Å². The zero-order valence-electron chi connectivity index (χ0n) is 25.7. The monoisotopic (exact) mass is 538 g/mol. The van der Waals surface area contributed by atoms with E-state index in [-0.39, 0.29) is 35.0 Å². The van der Waals surface area contributed by atoms with Crippen molar-refractivity contribution in [3.8, 4) is 0 Å². The number of ketones is 4. The van der Waals surface area contributed by atoms with Gasteiger partial charge in [0.25, 0.3) is 0 Å². The van der Waals surface area contributed by atoms with E-state index in [2.05, 4.69) is 13.8 Å². The third-order valence-electron chi connectivity index (χ3n) is 8.35. The van der Waals surface area contributed by atoms with Gasteiger partial charge in [-0.3, -0.25) is 19.2 Å². The Kier molecular flexibility index (Phi) is 17.4. The molecule has 0 aromatic rings. The summed E-state index contributed by atoms with van der Waals surface area (Å²) in [6.45, 7) is 15.6. The Labute approximate surface area is 232 Å². The lowest BCUT2D eigenvalue weighted by Gasteiger charge is -2.41. The molecule has 4 atom stereocenters. The standard InChI is InChI=1S/C13H20O3.C12H18O3.C3H8.2C2H6/c1-9-11(14)6-5-10(12(9)15)13(16)7-3-2-4-8-13;1-8-10(13)5-4-9(11(8)14)12(15)6-2-3-7-12;1-3-2;2*1-2/h9-10,16H,2-8H2,1H3;8-9,15H,2-7H2,1H3;3H2,1-2H3;2*1-2H3. The molecule has 4 unspecified atom stereocenters. The van der Waals surface area contributed by atoms with Gasteiger partial charge in [-0.2, -0.15) is 0 Å². The number of Topliss-reactive ketones (excluding diaryl/α,β-unsaturated/α-hetero) is 4. The Morgan fingerprint density at radius 1 is 0.605 bits per heavy atom. The average Bonchev–Trinajstić information content (AvgIpc) is 3.36. The molecule has 0 heterocycles. The summed E-state index contributed by atoms with van der Waals surface area (Å²) >= 11 is 0. The van der Waals surface area contributed by atoms with Crippen LogP contribution in [0.15, 0.2) is 0 Å². The van der Waals surface area contributed by atoms with E-state index in [0.29, 0.717) is 25.7 Å². The average molecular weight is 539 g/mol. The van der Waals surface area contributed by atoms with E-state index in [4.69, 9.17) is 0 Å². The molecule has 6 heteroatoms. The maximum Gasteiger partial charge on any atom is 0.148 e. The molecule has 222 valence electrons. The van der Waals surface area contributed by atoms with Gasteiger partial charge in [0.15, 0.2) is 0 Å². The second-order valence-electron chi connectivity index (χ2n) is 11.0. The number of carbonyl (C=O) groups is 4. The summed E-state index contributed by atoms with van der Waals surface area (Å²) in [5, 5.41) is 20.9. The number of hydrogen-bond acceptors (Lipinski definition) is 6. The Balaban J connectivity index is 0.000000585. The minimum absolute atomic E-state index is 0.0272. The summed E-state index contributed by atoms with van der Waals surface area (Å²) in [5.41, 5.74) is -1.61. The summed E-state index contributed by atoms with van der Waals surface area (Å²) < 4.78 is 0. The molecule has 4 aliphatic carbocycles. The Bertz CT molecular complexity index is 730. The van der Waals surface area contributed by atoms with Crippen LogP contribution in [0.3, 0.4) is 0 Å². The van der Waals surface area contributed by atoms with Crippen LogP contribution in [0.5, 0.6) is 0 Å². The first kappa shape index (κ1) is 36.6. The predicted molar refractivity (Wildman–Crippen MR) is 154 cm³/mol. The van der Waals surface area contributed by atoms with Crippen LogP contribution in [0.2, 0.25) is 0 Å². The molecule has 0 spiro atoms. The van der Waals surface area contributed by atoms with Crippen LogP contribution < -0.4 is 0 Å². The largest absolute Gasteiger partial charge is 0.389 e. The summed E-state index contributed by atoms with van der Waals surface area (Å²) in [6.07, 6.45) is 11.3. The van der Waals surface area contributed by atoms with Gasteiger partial charge in [0.2, 0.25) is 0 Å². The number of carbonyl (C=O) groups excluding carboxylic acids is 4. The van der Waals surface area contributed by atoms with Crippen molar-refractivity contribution in [1.82, 2.24) is 0 Å². The quantitative estimate of drug-likeness (QED) is 0.374. The van der Waals surface area contributed by atoms with Gasteiger partial charge in [-0.1, -0.05) is 80.1 Å². The molecule has 0 aromatic carbocycles. The third-order valence-corrected chi connectivity index (χ3v) is 8.35. The SMILES string of the molecule is CC.CC.CC1C(=O)CCC(C2(O)CCCC2)C1=O.CC1C(=O)CCC(C2(O)CCCCC2)C1=O.CCC. The lowest BCUT2D eigenvalue weighted by Crippen LogP contribution is -2.49. The van der Waals surface area contributed by atoms with E-state index in [1.807, 2.05) is 27.7 Å². The van der Waals surface area contributed by atoms with Crippen LogP contribution in [-0.4, -0.2) is 44.5 Å². The molecule has 0 aromatic heterocycles. The molecule has 4 rings (SSSR count). The molecule has 0 radical (unpaired) electrons. The predicted octanol–water partition coefficient (Wildman–Crippen LogP) is 6.81. The second kappa shape index (κ2) is 18.0. The molecule has 4 aliphatic rings. The van der Waals surface area contributed by atoms with E-state index in [1.165, 1.54) is 6.42 Å². The lowest BCUT2D eigenvalue weighted by molar-refractivity contribution is -0.149. The van der Waals surface area contributed by atoms with Crippen LogP contribution >= 0.6 is 0 Å². The first-order valence-corrected chi connectivity index (χ1v) is 15.6. The van der Waals surface area contributed by atoms with Crippen LogP contribution in [0.1, 0.15) is 145 Å². The van der Waals surface area contributed by atoms with Crippen molar-refractivity contribution in [2.45, 2.75) is 156 Å². The summed E-state index contributed by atoms with van der Waals surface area (Å²) in [5.74, 6) is -1.54. The van der Waals surface area contributed by atoms with E-state index >= 15 is 0 Å². The molecule has 0 saturated heterocycles. The Morgan fingerprint density at radius 2 is 0.868 bits per heavy atom. The minimum Gasteiger partial charge on any atom is -0.389 e. The van der Waals surface area contributed by atoms with Crippen LogP contribution in [0.25, 0.3) is 0 Å². The van der Waals surface area contributed by atoms with Crippen LogP contribution in [-0.2, 0) is 19.2 Å². The highest BCUT2D eigenvalue weighted by Gasteiger charge is 2.48. The van der Waals surface area contributed by atoms with Gasteiger partial charge < -0.3 is 10.2 Å². The van der Waals surface area contributed by atoms with Gasteiger partial charge in [-0.05, 0) is 52.4 Å². The van der Waals surface area contributed by atoms with Crippen molar-refractivity contribution in [3.63, 3.8) is 0 Å². The topological polar surface area (TPSA) is 109 Å². The van der Waals surface area contributed by atoms with Gasteiger partial charge >= 0.3 is 0 Å². The molecule has 6 nitrogen and oxygen atoms in total. The lowest BCUT2D eigenvalue weighted by atomic mass is 9.67. The third kappa shape index (κ3) is 9.66. The Hall–Kier alpha value is -1.40. The number of hydrogen-bond donors (Lipinski definition) is 2. The van der Waals surface area contributed by atoms with Gasteiger partial charge in [-0.25, -0.2) is 0 Å². The second-order valence-corrected chi connectivity index (χ2v) is 11.0.